The summed E-state index contributed by atoms with van der Waals surface area (Å²) >= 11 is 0. The van der Waals surface area contributed by atoms with Crippen LogP contribution >= 0.6 is 0 Å². The van der Waals surface area contributed by atoms with Crippen LogP contribution in [0.25, 0.3) is 0 Å². The maximum absolute atomic E-state index is 12.3. The molecule has 0 heterocycles. The van der Waals surface area contributed by atoms with Gasteiger partial charge in [-0.2, -0.15) is 0 Å². The highest BCUT2D eigenvalue weighted by atomic mass is 16.2. The zero-order valence-corrected chi connectivity index (χ0v) is 13.3. The van der Waals surface area contributed by atoms with Crippen LogP contribution in [0.4, 0.5) is 0 Å². The molecule has 1 aliphatic carbocycles. The number of nitrogens with zero attached hydrogens (tertiary/aromatic N) is 1. The Morgan fingerprint density at radius 1 is 1.19 bits per heavy atom. The fraction of sp³-hybridized carbons (Fsp3) is 0.529. The van der Waals surface area contributed by atoms with Crippen molar-refractivity contribution in [3.05, 3.63) is 35.4 Å². The van der Waals surface area contributed by atoms with E-state index >= 15 is 0 Å². The van der Waals surface area contributed by atoms with E-state index in [4.69, 9.17) is 0 Å². The second-order valence-electron chi connectivity index (χ2n) is 6.83. The minimum Gasteiger partial charge on any atom is -0.352 e. The number of benzene rings is 1. The standard InChI is InChI=1S/C17H24N2O2/c1-17(2,3)13-7-5-12(6-8-13)16(21)19(4)11-15(20)18-14-9-10-14/h5-8,14H,9-11H2,1-4H3,(H,18,20). The number of carbonyl (C=O) groups excluding carboxylic acids is 2. The summed E-state index contributed by atoms with van der Waals surface area (Å²) in [5, 5.41) is 2.89. The van der Waals surface area contributed by atoms with E-state index in [1.807, 2.05) is 24.3 Å². The zero-order chi connectivity index (χ0) is 15.6. The van der Waals surface area contributed by atoms with E-state index in [0.29, 0.717) is 11.6 Å². The van der Waals surface area contributed by atoms with Gasteiger partial charge in [0.1, 0.15) is 0 Å². The SMILES string of the molecule is CN(CC(=O)NC1CC1)C(=O)c1ccc(C(C)(C)C)cc1. The number of nitrogens with one attached hydrogen (secondary N) is 1. The highest BCUT2D eigenvalue weighted by Gasteiger charge is 2.24. The van der Waals surface area contributed by atoms with Gasteiger partial charge in [0.15, 0.2) is 0 Å². The number of amides is 2. The predicted octanol–water partition coefficient (Wildman–Crippen LogP) is 2.33. The van der Waals surface area contributed by atoms with Crippen molar-refractivity contribution in [2.45, 2.75) is 45.1 Å². The van der Waals surface area contributed by atoms with Crippen molar-refractivity contribution >= 4 is 11.8 Å². The molecule has 0 bridgehead atoms. The Morgan fingerprint density at radius 3 is 2.24 bits per heavy atom. The Hall–Kier alpha value is -1.84. The van der Waals surface area contributed by atoms with E-state index in [1.54, 1.807) is 7.05 Å². The average Bonchev–Trinajstić information content (AvgIpc) is 3.20. The van der Waals surface area contributed by atoms with Crippen molar-refractivity contribution in [3.63, 3.8) is 0 Å². The van der Waals surface area contributed by atoms with Gasteiger partial charge in [-0.05, 0) is 36.0 Å². The van der Waals surface area contributed by atoms with Gasteiger partial charge in [-0.15, -0.1) is 0 Å². The molecule has 0 spiro atoms. The third kappa shape index (κ3) is 4.31. The van der Waals surface area contributed by atoms with Crippen molar-refractivity contribution in [2.24, 2.45) is 0 Å². The predicted molar refractivity (Wildman–Crippen MR) is 83.3 cm³/mol. The average molecular weight is 288 g/mol. The van der Waals surface area contributed by atoms with Gasteiger partial charge in [0.05, 0.1) is 6.54 Å². The molecular weight excluding hydrogens is 264 g/mol. The van der Waals surface area contributed by atoms with Crippen LogP contribution in [0.3, 0.4) is 0 Å². The number of hydrogen-bond acceptors (Lipinski definition) is 2. The summed E-state index contributed by atoms with van der Waals surface area (Å²) < 4.78 is 0. The molecule has 0 saturated heterocycles. The molecule has 21 heavy (non-hydrogen) atoms. The van der Waals surface area contributed by atoms with Crippen LogP contribution in [0.2, 0.25) is 0 Å². The Balaban J connectivity index is 1.96. The zero-order valence-electron chi connectivity index (χ0n) is 13.3. The molecular formula is C17H24N2O2. The van der Waals surface area contributed by atoms with Crippen LogP contribution in [0.1, 0.15) is 49.5 Å². The van der Waals surface area contributed by atoms with Crippen LogP contribution in [-0.4, -0.2) is 36.3 Å². The molecule has 1 saturated carbocycles. The fourth-order valence-electron chi connectivity index (χ4n) is 2.12. The van der Waals surface area contributed by atoms with E-state index in [0.717, 1.165) is 12.8 Å². The summed E-state index contributed by atoms with van der Waals surface area (Å²) in [7, 11) is 1.66. The summed E-state index contributed by atoms with van der Waals surface area (Å²) in [6.07, 6.45) is 2.11. The monoisotopic (exact) mass is 288 g/mol. The smallest absolute Gasteiger partial charge is 0.254 e. The quantitative estimate of drug-likeness (QED) is 0.924. The van der Waals surface area contributed by atoms with Gasteiger partial charge >= 0.3 is 0 Å². The van der Waals surface area contributed by atoms with Crippen molar-refractivity contribution in [2.75, 3.05) is 13.6 Å². The van der Waals surface area contributed by atoms with Crippen LogP contribution in [-0.2, 0) is 10.2 Å². The van der Waals surface area contributed by atoms with Gasteiger partial charge in [-0.25, -0.2) is 0 Å². The molecule has 1 fully saturated rings. The highest BCUT2D eigenvalue weighted by molar-refractivity contribution is 5.96. The van der Waals surface area contributed by atoms with E-state index in [1.165, 1.54) is 10.5 Å². The molecule has 1 aliphatic rings. The van der Waals surface area contributed by atoms with Crippen LogP contribution in [0.15, 0.2) is 24.3 Å². The minimum absolute atomic E-state index is 0.0671. The van der Waals surface area contributed by atoms with Gasteiger partial charge in [-0.3, -0.25) is 9.59 Å². The van der Waals surface area contributed by atoms with Gasteiger partial charge < -0.3 is 10.2 Å². The first kappa shape index (κ1) is 15.5. The number of hydrogen-bond donors (Lipinski definition) is 1. The number of likely N-dealkylation sites (N-methyl/N-ethyl adjacent to an activating group) is 1. The Labute approximate surface area is 126 Å². The molecule has 0 aromatic heterocycles. The lowest BCUT2D eigenvalue weighted by Crippen LogP contribution is -2.39. The second kappa shape index (κ2) is 5.88. The Bertz CT molecular complexity index is 525. The molecule has 0 radical (unpaired) electrons. The minimum atomic E-state index is -0.124. The summed E-state index contributed by atoms with van der Waals surface area (Å²) in [6, 6.07) is 7.94. The Morgan fingerprint density at radius 2 is 1.76 bits per heavy atom. The maximum atomic E-state index is 12.3. The second-order valence-corrected chi connectivity index (χ2v) is 6.83. The largest absolute Gasteiger partial charge is 0.352 e. The molecule has 2 amide bonds. The van der Waals surface area contributed by atoms with Crippen molar-refractivity contribution < 1.29 is 9.59 Å². The molecule has 0 atom stereocenters. The molecule has 4 heteroatoms. The maximum Gasteiger partial charge on any atom is 0.254 e. The van der Waals surface area contributed by atoms with Crippen LogP contribution in [0, 0.1) is 0 Å². The van der Waals surface area contributed by atoms with Crippen LogP contribution < -0.4 is 5.32 Å². The van der Waals surface area contributed by atoms with Crippen molar-refractivity contribution in [3.8, 4) is 0 Å². The third-order valence-corrected chi connectivity index (χ3v) is 3.67. The first-order valence-corrected chi connectivity index (χ1v) is 7.43. The molecule has 4 nitrogen and oxygen atoms in total. The first-order chi connectivity index (χ1) is 9.77. The number of rotatable bonds is 4. The summed E-state index contributed by atoms with van der Waals surface area (Å²) in [4.78, 5) is 25.5. The summed E-state index contributed by atoms with van der Waals surface area (Å²) in [5.41, 5.74) is 1.87. The van der Waals surface area contributed by atoms with Gasteiger partial charge in [0.25, 0.3) is 5.91 Å². The topological polar surface area (TPSA) is 49.4 Å². The van der Waals surface area contributed by atoms with Crippen molar-refractivity contribution in [1.82, 2.24) is 10.2 Å². The normalized spacial score (nSPS) is 14.7. The van der Waals surface area contributed by atoms with E-state index in [9.17, 15) is 9.59 Å². The lowest BCUT2D eigenvalue weighted by molar-refractivity contribution is -0.121. The highest BCUT2D eigenvalue weighted by Crippen LogP contribution is 2.22. The third-order valence-electron chi connectivity index (χ3n) is 3.67. The molecule has 2 rings (SSSR count). The molecule has 114 valence electrons. The molecule has 0 aliphatic heterocycles. The lowest BCUT2D eigenvalue weighted by Gasteiger charge is -2.20. The molecule has 0 unspecified atom stereocenters. The fourth-order valence-corrected chi connectivity index (χ4v) is 2.12. The van der Waals surface area contributed by atoms with E-state index in [-0.39, 0.29) is 23.8 Å². The van der Waals surface area contributed by atoms with Crippen LogP contribution in [0.5, 0.6) is 0 Å². The summed E-state index contributed by atoms with van der Waals surface area (Å²) in [6.45, 7) is 6.52. The van der Waals surface area contributed by atoms with E-state index in [2.05, 4.69) is 26.1 Å². The van der Waals surface area contributed by atoms with Gasteiger partial charge in [0.2, 0.25) is 5.91 Å². The van der Waals surface area contributed by atoms with Gasteiger partial charge in [0, 0.05) is 18.7 Å². The molecule has 1 aromatic rings. The van der Waals surface area contributed by atoms with Gasteiger partial charge in [-0.1, -0.05) is 32.9 Å². The lowest BCUT2D eigenvalue weighted by atomic mass is 9.86. The molecule has 1 aromatic carbocycles. The first-order valence-electron chi connectivity index (χ1n) is 7.43. The summed E-state index contributed by atoms with van der Waals surface area (Å²) in [5.74, 6) is -0.207. The Kier molecular flexibility index (Phi) is 4.35. The molecule has 1 N–H and O–H groups in total. The van der Waals surface area contributed by atoms with Crippen molar-refractivity contribution in [1.29, 1.82) is 0 Å². The van der Waals surface area contributed by atoms with E-state index < -0.39 is 0 Å². The number of carbonyl (C=O) groups is 2.